The number of rotatable bonds is 8. The molecule has 0 aromatic rings. The highest BCUT2D eigenvalue weighted by molar-refractivity contribution is 6.74. The van der Waals surface area contributed by atoms with E-state index in [4.69, 9.17) is 13.6 Å². The summed E-state index contributed by atoms with van der Waals surface area (Å²) in [7, 11) is -3.85. The van der Waals surface area contributed by atoms with Gasteiger partial charge in [0, 0.05) is 0 Å². The minimum atomic E-state index is -1.97. The summed E-state index contributed by atoms with van der Waals surface area (Å²) < 4.78 is 17.9. The molecule has 0 amide bonds. The summed E-state index contributed by atoms with van der Waals surface area (Å²) in [6.07, 6.45) is 0.0219. The van der Waals surface area contributed by atoms with Crippen LogP contribution in [0.15, 0.2) is 0 Å². The van der Waals surface area contributed by atoms with Crippen molar-refractivity contribution in [3.8, 4) is 0 Å². The van der Waals surface area contributed by atoms with Crippen LogP contribution in [0, 0.1) is 0 Å². The molecule has 0 bridgehead atoms. The second-order valence-electron chi connectivity index (χ2n) is 9.58. The highest BCUT2D eigenvalue weighted by atomic mass is 28.4. The largest absolute Gasteiger partial charge is 0.466 e. The Kier molecular flexibility index (Phi) is 8.41. The van der Waals surface area contributed by atoms with Crippen molar-refractivity contribution in [1.29, 1.82) is 0 Å². The van der Waals surface area contributed by atoms with E-state index in [9.17, 15) is 4.79 Å². The lowest BCUT2D eigenvalue weighted by Gasteiger charge is -2.41. The van der Waals surface area contributed by atoms with Crippen LogP contribution in [-0.4, -0.2) is 41.9 Å². The van der Waals surface area contributed by atoms with Gasteiger partial charge in [-0.15, -0.1) is 0 Å². The Morgan fingerprint density at radius 1 is 0.917 bits per heavy atom. The zero-order valence-corrected chi connectivity index (χ0v) is 19.8. The Balaban J connectivity index is 5.11. The molecule has 0 rings (SSSR count). The number of carbonyl (C=O) groups is 1. The van der Waals surface area contributed by atoms with Gasteiger partial charge < -0.3 is 13.6 Å². The monoisotopic (exact) mass is 376 g/mol. The standard InChI is InChI=1S/C18H40O4Si2/c1-12-20-16(19)13-15(22-24(10,11)18(5,6)7)14-21-23(8,9)17(2,3)4/h15H,12-14H2,1-11H3/t15-/m0/s1. The molecule has 1 atom stereocenters. The molecule has 0 radical (unpaired) electrons. The molecule has 0 heterocycles. The molecule has 0 aliphatic carbocycles. The molecule has 144 valence electrons. The maximum Gasteiger partial charge on any atom is 0.308 e. The van der Waals surface area contributed by atoms with Gasteiger partial charge in [0.1, 0.15) is 0 Å². The summed E-state index contributed by atoms with van der Waals surface area (Å²) in [5.74, 6) is -0.208. The van der Waals surface area contributed by atoms with Crippen molar-refractivity contribution in [1.82, 2.24) is 0 Å². The van der Waals surface area contributed by atoms with Gasteiger partial charge in [0.2, 0.25) is 0 Å². The quantitative estimate of drug-likeness (QED) is 0.423. The molecule has 0 aromatic carbocycles. The minimum absolute atomic E-state index is 0.0941. The van der Waals surface area contributed by atoms with Crippen molar-refractivity contribution in [2.75, 3.05) is 13.2 Å². The van der Waals surface area contributed by atoms with E-state index in [1.54, 1.807) is 0 Å². The first-order valence-corrected chi connectivity index (χ1v) is 14.8. The summed E-state index contributed by atoms with van der Waals surface area (Å²) in [6.45, 7) is 24.8. The van der Waals surface area contributed by atoms with Crippen LogP contribution in [-0.2, 0) is 18.4 Å². The highest BCUT2D eigenvalue weighted by Crippen LogP contribution is 2.39. The van der Waals surface area contributed by atoms with Gasteiger partial charge in [0.05, 0.1) is 25.7 Å². The lowest BCUT2D eigenvalue weighted by atomic mass is 10.2. The summed E-state index contributed by atoms with van der Waals surface area (Å²) in [4.78, 5) is 12.0. The molecule has 24 heavy (non-hydrogen) atoms. The van der Waals surface area contributed by atoms with E-state index in [-0.39, 0.29) is 28.6 Å². The van der Waals surface area contributed by atoms with Crippen molar-refractivity contribution in [2.24, 2.45) is 0 Å². The van der Waals surface area contributed by atoms with Crippen molar-refractivity contribution in [3.63, 3.8) is 0 Å². The van der Waals surface area contributed by atoms with Crippen LogP contribution in [0.1, 0.15) is 54.9 Å². The van der Waals surface area contributed by atoms with Gasteiger partial charge in [-0.1, -0.05) is 41.5 Å². The van der Waals surface area contributed by atoms with Crippen LogP contribution in [0.4, 0.5) is 0 Å². The summed E-state index contributed by atoms with van der Waals surface area (Å²) >= 11 is 0. The van der Waals surface area contributed by atoms with Gasteiger partial charge in [0.15, 0.2) is 16.6 Å². The summed E-state index contributed by atoms with van der Waals surface area (Å²) in [5, 5.41) is 0.231. The lowest BCUT2D eigenvalue weighted by Crippen LogP contribution is -2.48. The van der Waals surface area contributed by atoms with E-state index < -0.39 is 16.6 Å². The van der Waals surface area contributed by atoms with E-state index in [0.717, 1.165) is 0 Å². The van der Waals surface area contributed by atoms with Crippen LogP contribution in [0.3, 0.4) is 0 Å². The van der Waals surface area contributed by atoms with E-state index in [1.807, 2.05) is 6.92 Å². The second kappa shape index (κ2) is 8.47. The van der Waals surface area contributed by atoms with Crippen LogP contribution in [0.5, 0.6) is 0 Å². The molecule has 0 spiro atoms. The first-order valence-electron chi connectivity index (χ1n) is 9.01. The fourth-order valence-corrected chi connectivity index (χ4v) is 4.03. The predicted octanol–water partition coefficient (Wildman–Crippen LogP) is 5.35. The number of carbonyl (C=O) groups excluding carboxylic acids is 1. The summed E-state index contributed by atoms with van der Waals surface area (Å²) in [6, 6.07) is 0. The first-order chi connectivity index (χ1) is 10.5. The molecule has 0 N–H and O–H groups in total. The van der Waals surface area contributed by atoms with Crippen LogP contribution >= 0.6 is 0 Å². The van der Waals surface area contributed by atoms with E-state index in [0.29, 0.717) is 13.2 Å². The molecule has 0 aliphatic rings. The molecule has 4 nitrogen and oxygen atoms in total. The molecule has 0 unspecified atom stereocenters. The first kappa shape index (κ1) is 23.8. The number of esters is 1. The zero-order valence-electron chi connectivity index (χ0n) is 17.8. The number of hydrogen-bond acceptors (Lipinski definition) is 4. The molecular weight excluding hydrogens is 336 g/mol. The Labute approximate surface area is 151 Å². The Hall–Kier alpha value is -0.176. The normalized spacial score (nSPS) is 15.3. The molecule has 0 aliphatic heterocycles. The van der Waals surface area contributed by atoms with Crippen LogP contribution < -0.4 is 0 Å². The van der Waals surface area contributed by atoms with E-state index >= 15 is 0 Å². The predicted molar refractivity (Wildman–Crippen MR) is 106 cm³/mol. The molecule has 0 saturated heterocycles. The molecule has 0 aromatic heterocycles. The smallest absolute Gasteiger partial charge is 0.308 e. The molecule has 0 fully saturated rings. The van der Waals surface area contributed by atoms with Crippen molar-refractivity contribution < 1.29 is 18.4 Å². The Morgan fingerprint density at radius 3 is 1.75 bits per heavy atom. The minimum Gasteiger partial charge on any atom is -0.466 e. The van der Waals surface area contributed by atoms with Crippen molar-refractivity contribution in [3.05, 3.63) is 0 Å². The van der Waals surface area contributed by atoms with Gasteiger partial charge in [-0.05, 0) is 43.2 Å². The highest BCUT2D eigenvalue weighted by Gasteiger charge is 2.41. The van der Waals surface area contributed by atoms with Crippen LogP contribution in [0.2, 0.25) is 36.3 Å². The molecule has 6 heteroatoms. The third-order valence-corrected chi connectivity index (χ3v) is 14.4. The van der Waals surface area contributed by atoms with Gasteiger partial charge in [-0.3, -0.25) is 4.79 Å². The Morgan fingerprint density at radius 2 is 1.38 bits per heavy atom. The fourth-order valence-electron chi connectivity index (χ4n) is 1.65. The lowest BCUT2D eigenvalue weighted by molar-refractivity contribution is -0.145. The third kappa shape index (κ3) is 7.37. The zero-order chi connectivity index (χ0) is 19.4. The second-order valence-corrected chi connectivity index (χ2v) is 19.1. The Bertz CT molecular complexity index is 406. The number of ether oxygens (including phenoxy) is 1. The van der Waals surface area contributed by atoms with Gasteiger partial charge in [-0.2, -0.15) is 0 Å². The molecular formula is C18H40O4Si2. The van der Waals surface area contributed by atoms with Crippen LogP contribution in [0.25, 0.3) is 0 Å². The average molecular weight is 377 g/mol. The van der Waals surface area contributed by atoms with Gasteiger partial charge in [-0.25, -0.2) is 0 Å². The van der Waals surface area contributed by atoms with E-state index in [2.05, 4.69) is 67.7 Å². The maximum absolute atomic E-state index is 12.0. The van der Waals surface area contributed by atoms with Gasteiger partial charge in [0.25, 0.3) is 0 Å². The topological polar surface area (TPSA) is 44.8 Å². The van der Waals surface area contributed by atoms with Crippen molar-refractivity contribution in [2.45, 2.75) is 97.3 Å². The fraction of sp³-hybridized carbons (Fsp3) is 0.944. The van der Waals surface area contributed by atoms with E-state index in [1.165, 1.54) is 0 Å². The average Bonchev–Trinajstić information content (AvgIpc) is 2.33. The SMILES string of the molecule is CCOC(=O)C[C@@H](CO[Si](C)(C)C(C)(C)C)O[Si](C)(C)C(C)(C)C. The van der Waals surface area contributed by atoms with Crippen molar-refractivity contribution >= 4 is 22.6 Å². The third-order valence-electron chi connectivity index (χ3n) is 5.40. The van der Waals surface area contributed by atoms with Gasteiger partial charge >= 0.3 is 5.97 Å². The summed E-state index contributed by atoms with van der Waals surface area (Å²) in [5.41, 5.74) is 0. The molecule has 0 saturated carbocycles. The maximum atomic E-state index is 12.0. The number of hydrogen-bond donors (Lipinski definition) is 0.